The minimum atomic E-state index is -0.317. The maximum Gasteiger partial charge on any atom is 0.302 e. The van der Waals surface area contributed by atoms with Gasteiger partial charge >= 0.3 is 5.97 Å². The summed E-state index contributed by atoms with van der Waals surface area (Å²) in [6, 6.07) is 0. The predicted octanol–water partition coefficient (Wildman–Crippen LogP) is -0.0806. The predicted molar refractivity (Wildman–Crippen MR) is 47.5 cm³/mol. The van der Waals surface area contributed by atoms with Gasteiger partial charge in [0.1, 0.15) is 0 Å². The molecular formula is C9H16O5. The molecule has 0 aromatic rings. The van der Waals surface area contributed by atoms with Crippen molar-refractivity contribution in [1.82, 2.24) is 0 Å². The second-order valence-electron chi connectivity index (χ2n) is 3.32. The molecule has 0 spiro atoms. The molecule has 1 aliphatic heterocycles. The van der Waals surface area contributed by atoms with E-state index in [9.17, 15) is 4.79 Å². The molecule has 1 unspecified atom stereocenters. The molecule has 0 aromatic carbocycles. The van der Waals surface area contributed by atoms with Crippen LogP contribution in [-0.2, 0) is 19.0 Å². The highest BCUT2D eigenvalue weighted by atomic mass is 16.7. The quantitative estimate of drug-likeness (QED) is 0.649. The Balaban J connectivity index is 2.38. The Morgan fingerprint density at radius 3 is 2.86 bits per heavy atom. The highest BCUT2D eigenvalue weighted by Gasteiger charge is 2.35. The summed E-state index contributed by atoms with van der Waals surface area (Å²) in [6.45, 7) is 1.56. The summed E-state index contributed by atoms with van der Waals surface area (Å²) in [5.41, 5.74) is 0. The fraction of sp³-hybridized carbons (Fsp3) is 0.889. The largest absolute Gasteiger partial charge is 0.465 e. The van der Waals surface area contributed by atoms with E-state index in [0.717, 1.165) is 0 Å². The van der Waals surface area contributed by atoms with Gasteiger partial charge in [-0.3, -0.25) is 4.79 Å². The third kappa shape index (κ3) is 2.94. The van der Waals surface area contributed by atoms with Crippen LogP contribution >= 0.6 is 0 Å². The Hall–Kier alpha value is -0.650. The summed E-state index contributed by atoms with van der Waals surface area (Å²) in [6.07, 6.45) is 0.0571. The highest BCUT2D eigenvalue weighted by Crippen LogP contribution is 2.26. The zero-order valence-corrected chi connectivity index (χ0v) is 8.43. The first kappa shape index (κ1) is 11.4. The van der Waals surface area contributed by atoms with Crippen LogP contribution in [0.5, 0.6) is 0 Å². The van der Waals surface area contributed by atoms with E-state index in [4.69, 9.17) is 19.3 Å². The molecule has 14 heavy (non-hydrogen) atoms. The SMILES string of the molecule is COC1C[C@H](COC(C)=O)[C@@H](CO)O1. The maximum atomic E-state index is 10.6. The van der Waals surface area contributed by atoms with Gasteiger partial charge in [-0.2, -0.15) is 0 Å². The molecule has 1 fully saturated rings. The van der Waals surface area contributed by atoms with E-state index in [1.807, 2.05) is 0 Å². The van der Waals surface area contributed by atoms with Crippen molar-refractivity contribution in [3.8, 4) is 0 Å². The number of hydrogen-bond acceptors (Lipinski definition) is 5. The Kier molecular flexibility index (Phi) is 4.31. The average Bonchev–Trinajstić information content (AvgIpc) is 2.57. The second-order valence-corrected chi connectivity index (χ2v) is 3.32. The van der Waals surface area contributed by atoms with E-state index in [-0.39, 0.29) is 37.5 Å². The van der Waals surface area contributed by atoms with Crippen molar-refractivity contribution in [3.05, 3.63) is 0 Å². The van der Waals surface area contributed by atoms with Crippen LogP contribution in [0.25, 0.3) is 0 Å². The molecule has 0 radical (unpaired) electrons. The maximum absolute atomic E-state index is 10.6. The van der Waals surface area contributed by atoms with Gasteiger partial charge in [-0.05, 0) is 0 Å². The molecule has 1 saturated heterocycles. The third-order valence-corrected chi connectivity index (χ3v) is 2.29. The minimum absolute atomic E-state index is 0.0221. The lowest BCUT2D eigenvalue weighted by Gasteiger charge is -2.14. The number of aliphatic hydroxyl groups excluding tert-OH is 1. The molecule has 0 aromatic heterocycles. The van der Waals surface area contributed by atoms with E-state index < -0.39 is 0 Å². The Morgan fingerprint density at radius 2 is 2.36 bits per heavy atom. The topological polar surface area (TPSA) is 65.0 Å². The molecular weight excluding hydrogens is 188 g/mol. The van der Waals surface area contributed by atoms with Crippen LogP contribution in [-0.4, -0.2) is 43.8 Å². The van der Waals surface area contributed by atoms with Crippen molar-refractivity contribution in [2.75, 3.05) is 20.3 Å². The van der Waals surface area contributed by atoms with Crippen LogP contribution in [0.1, 0.15) is 13.3 Å². The van der Waals surface area contributed by atoms with Gasteiger partial charge in [-0.25, -0.2) is 0 Å². The summed E-state index contributed by atoms with van der Waals surface area (Å²) in [5, 5.41) is 8.99. The third-order valence-electron chi connectivity index (χ3n) is 2.29. The van der Waals surface area contributed by atoms with Gasteiger partial charge in [0.05, 0.1) is 19.3 Å². The van der Waals surface area contributed by atoms with Crippen LogP contribution in [0.15, 0.2) is 0 Å². The van der Waals surface area contributed by atoms with Crippen LogP contribution in [0.4, 0.5) is 0 Å². The molecule has 82 valence electrons. The Labute approximate surface area is 82.9 Å². The molecule has 1 aliphatic rings. The first-order valence-corrected chi connectivity index (χ1v) is 4.59. The van der Waals surface area contributed by atoms with Gasteiger partial charge in [0.15, 0.2) is 6.29 Å². The fourth-order valence-electron chi connectivity index (χ4n) is 1.50. The zero-order valence-electron chi connectivity index (χ0n) is 8.43. The van der Waals surface area contributed by atoms with E-state index in [2.05, 4.69) is 0 Å². The Morgan fingerprint density at radius 1 is 1.64 bits per heavy atom. The lowest BCUT2D eigenvalue weighted by atomic mass is 10.0. The van der Waals surface area contributed by atoms with Gasteiger partial charge in [0.2, 0.25) is 0 Å². The number of methoxy groups -OCH3 is 1. The number of carbonyl (C=O) groups excluding carboxylic acids is 1. The molecule has 3 atom stereocenters. The van der Waals surface area contributed by atoms with E-state index >= 15 is 0 Å². The number of aliphatic hydroxyl groups is 1. The van der Waals surface area contributed by atoms with Crippen LogP contribution < -0.4 is 0 Å². The van der Waals surface area contributed by atoms with E-state index in [1.165, 1.54) is 6.92 Å². The summed E-state index contributed by atoms with van der Waals surface area (Å²) in [4.78, 5) is 10.6. The van der Waals surface area contributed by atoms with Crippen molar-refractivity contribution in [2.24, 2.45) is 5.92 Å². The van der Waals surface area contributed by atoms with Gasteiger partial charge in [0.25, 0.3) is 0 Å². The van der Waals surface area contributed by atoms with Crippen LogP contribution in [0.3, 0.4) is 0 Å². The van der Waals surface area contributed by atoms with Crippen molar-refractivity contribution < 1.29 is 24.1 Å². The lowest BCUT2D eigenvalue weighted by molar-refractivity contribution is -0.144. The lowest BCUT2D eigenvalue weighted by Crippen LogP contribution is -2.25. The molecule has 0 saturated carbocycles. The van der Waals surface area contributed by atoms with Crippen molar-refractivity contribution in [2.45, 2.75) is 25.7 Å². The summed E-state index contributed by atoms with van der Waals surface area (Å²) in [7, 11) is 1.55. The first-order chi connectivity index (χ1) is 6.67. The number of carbonyl (C=O) groups is 1. The first-order valence-electron chi connectivity index (χ1n) is 4.59. The fourth-order valence-corrected chi connectivity index (χ4v) is 1.50. The van der Waals surface area contributed by atoms with Gasteiger partial charge in [0, 0.05) is 26.4 Å². The van der Waals surface area contributed by atoms with Gasteiger partial charge in [-0.15, -0.1) is 0 Å². The molecule has 1 N–H and O–H groups in total. The highest BCUT2D eigenvalue weighted by molar-refractivity contribution is 5.65. The summed E-state index contributed by atoms with van der Waals surface area (Å²) >= 11 is 0. The van der Waals surface area contributed by atoms with E-state index in [0.29, 0.717) is 6.42 Å². The minimum Gasteiger partial charge on any atom is -0.465 e. The number of hydrogen-bond donors (Lipinski definition) is 1. The smallest absolute Gasteiger partial charge is 0.302 e. The molecule has 1 rings (SSSR count). The zero-order chi connectivity index (χ0) is 10.6. The number of esters is 1. The summed E-state index contributed by atoms with van der Waals surface area (Å²) in [5.74, 6) is -0.295. The number of rotatable bonds is 4. The van der Waals surface area contributed by atoms with Gasteiger partial charge in [-0.1, -0.05) is 0 Å². The Bertz CT molecular complexity index is 194. The molecule has 0 aliphatic carbocycles. The number of ether oxygens (including phenoxy) is 3. The van der Waals surface area contributed by atoms with Crippen molar-refractivity contribution in [3.63, 3.8) is 0 Å². The molecule has 1 heterocycles. The molecule has 0 amide bonds. The van der Waals surface area contributed by atoms with Crippen LogP contribution in [0, 0.1) is 5.92 Å². The van der Waals surface area contributed by atoms with Gasteiger partial charge < -0.3 is 19.3 Å². The van der Waals surface area contributed by atoms with E-state index in [1.54, 1.807) is 7.11 Å². The molecule has 0 bridgehead atoms. The summed E-state index contributed by atoms with van der Waals surface area (Å²) < 4.78 is 15.2. The normalized spacial score (nSPS) is 31.8. The molecule has 5 nitrogen and oxygen atoms in total. The van der Waals surface area contributed by atoms with Crippen LogP contribution in [0.2, 0.25) is 0 Å². The molecule has 5 heteroatoms. The average molecular weight is 204 g/mol. The van der Waals surface area contributed by atoms with Crippen molar-refractivity contribution in [1.29, 1.82) is 0 Å². The monoisotopic (exact) mass is 204 g/mol. The standard InChI is InChI=1S/C9H16O5/c1-6(11)13-5-7-3-9(12-2)14-8(7)4-10/h7-10H,3-5H2,1-2H3/t7-,8-,9?/m1/s1. The van der Waals surface area contributed by atoms with Crippen molar-refractivity contribution >= 4 is 5.97 Å². The second kappa shape index (κ2) is 5.29.